The van der Waals surface area contributed by atoms with Crippen LogP contribution in [0, 0.1) is 0 Å². The van der Waals surface area contributed by atoms with E-state index in [2.05, 4.69) is 4.98 Å². The molecular formula is C21H19F3N2O2. The zero-order chi connectivity index (χ0) is 19.9. The third-order valence-corrected chi connectivity index (χ3v) is 5.11. The summed E-state index contributed by atoms with van der Waals surface area (Å²) in [6.45, 7) is 2.48. The van der Waals surface area contributed by atoms with Gasteiger partial charge in [0.15, 0.2) is 5.58 Å². The Morgan fingerprint density at radius 1 is 1.25 bits per heavy atom. The molecule has 0 unspecified atom stereocenters. The molecule has 7 heteroatoms. The Morgan fingerprint density at radius 3 is 2.79 bits per heavy atom. The first-order chi connectivity index (χ1) is 13.4. The Kier molecular flexibility index (Phi) is 4.61. The molecule has 4 rings (SSSR count). The number of benzene rings is 2. The van der Waals surface area contributed by atoms with Gasteiger partial charge in [-0.3, -0.25) is 4.79 Å². The molecule has 146 valence electrons. The van der Waals surface area contributed by atoms with E-state index in [0.717, 1.165) is 18.9 Å². The number of fused-ring (bicyclic) bond motifs is 1. The maximum Gasteiger partial charge on any atom is 0.417 e. The molecule has 0 N–H and O–H groups in total. The SMILES string of the molecule is CCC(=O)N1CCC[C@H]1c1nc2cc(-c3ccccc3C(F)(F)F)ccc2o1. The number of carbonyl (C=O) groups excluding carboxylic acids is 1. The van der Waals surface area contributed by atoms with Crippen molar-refractivity contribution in [2.45, 2.75) is 38.4 Å². The number of rotatable bonds is 3. The van der Waals surface area contributed by atoms with Crippen LogP contribution in [0.25, 0.3) is 22.2 Å². The molecule has 0 saturated carbocycles. The number of aromatic nitrogens is 1. The molecule has 2 heterocycles. The van der Waals surface area contributed by atoms with Gasteiger partial charge in [0.05, 0.1) is 5.56 Å². The number of alkyl halides is 3. The smallest absolute Gasteiger partial charge is 0.417 e. The summed E-state index contributed by atoms with van der Waals surface area (Å²) in [7, 11) is 0. The van der Waals surface area contributed by atoms with Gasteiger partial charge in [0.2, 0.25) is 11.8 Å². The molecule has 4 nitrogen and oxygen atoms in total. The summed E-state index contributed by atoms with van der Waals surface area (Å²) in [6.07, 6.45) is -2.39. The van der Waals surface area contributed by atoms with Crippen LogP contribution in [-0.4, -0.2) is 22.3 Å². The van der Waals surface area contributed by atoms with Crippen molar-refractivity contribution >= 4 is 17.0 Å². The van der Waals surface area contributed by atoms with Crippen LogP contribution >= 0.6 is 0 Å². The van der Waals surface area contributed by atoms with Crippen LogP contribution in [0.2, 0.25) is 0 Å². The number of nitrogens with zero attached hydrogens (tertiary/aromatic N) is 2. The molecule has 1 aromatic heterocycles. The van der Waals surface area contributed by atoms with Gasteiger partial charge in [-0.2, -0.15) is 13.2 Å². The summed E-state index contributed by atoms with van der Waals surface area (Å²) in [5, 5.41) is 0. The van der Waals surface area contributed by atoms with Crippen LogP contribution in [-0.2, 0) is 11.0 Å². The summed E-state index contributed by atoms with van der Waals surface area (Å²) in [6, 6.07) is 10.1. The Balaban J connectivity index is 1.73. The van der Waals surface area contributed by atoms with Gasteiger partial charge in [0.1, 0.15) is 11.6 Å². The minimum Gasteiger partial charge on any atom is -0.438 e. The molecule has 3 aromatic rings. The van der Waals surface area contributed by atoms with E-state index in [1.54, 1.807) is 29.2 Å². The molecule has 28 heavy (non-hydrogen) atoms. The minimum atomic E-state index is -4.44. The average molecular weight is 388 g/mol. The third kappa shape index (κ3) is 3.25. The summed E-state index contributed by atoms with van der Waals surface area (Å²) in [5.41, 5.74) is 0.825. The number of amides is 1. The van der Waals surface area contributed by atoms with Gasteiger partial charge in [-0.25, -0.2) is 4.98 Å². The van der Waals surface area contributed by atoms with Gasteiger partial charge in [-0.05, 0) is 42.2 Å². The number of hydrogen-bond donors (Lipinski definition) is 0. The lowest BCUT2D eigenvalue weighted by molar-refractivity contribution is -0.137. The summed E-state index contributed by atoms with van der Waals surface area (Å²) < 4.78 is 45.8. The van der Waals surface area contributed by atoms with Gasteiger partial charge in [-0.1, -0.05) is 31.2 Å². The zero-order valence-electron chi connectivity index (χ0n) is 15.3. The number of hydrogen-bond acceptors (Lipinski definition) is 3. The lowest BCUT2D eigenvalue weighted by Crippen LogP contribution is -2.29. The topological polar surface area (TPSA) is 46.3 Å². The van der Waals surface area contributed by atoms with Crippen LogP contribution in [0.4, 0.5) is 13.2 Å². The van der Waals surface area contributed by atoms with Crippen LogP contribution in [0.1, 0.15) is 43.7 Å². The van der Waals surface area contributed by atoms with Gasteiger partial charge in [-0.15, -0.1) is 0 Å². The second-order valence-electron chi connectivity index (χ2n) is 6.88. The predicted molar refractivity (Wildman–Crippen MR) is 98.4 cm³/mol. The average Bonchev–Trinajstić information content (AvgIpc) is 3.32. The Bertz CT molecular complexity index is 1030. The van der Waals surface area contributed by atoms with E-state index in [4.69, 9.17) is 4.42 Å². The predicted octanol–water partition coefficient (Wildman–Crippen LogP) is 5.59. The van der Waals surface area contributed by atoms with Gasteiger partial charge < -0.3 is 9.32 Å². The van der Waals surface area contributed by atoms with E-state index in [-0.39, 0.29) is 17.5 Å². The van der Waals surface area contributed by atoms with Gasteiger partial charge >= 0.3 is 6.18 Å². The molecule has 1 atom stereocenters. The first-order valence-corrected chi connectivity index (χ1v) is 9.25. The fourth-order valence-electron chi connectivity index (χ4n) is 3.76. The maximum absolute atomic E-state index is 13.3. The Morgan fingerprint density at radius 2 is 2.04 bits per heavy atom. The largest absolute Gasteiger partial charge is 0.438 e. The maximum atomic E-state index is 13.3. The first kappa shape index (κ1) is 18.5. The van der Waals surface area contributed by atoms with Crippen molar-refractivity contribution in [3.05, 3.63) is 53.9 Å². The van der Waals surface area contributed by atoms with Gasteiger partial charge in [0, 0.05) is 13.0 Å². The molecular weight excluding hydrogens is 369 g/mol. The number of carbonyl (C=O) groups is 1. The molecule has 1 aliphatic rings. The van der Waals surface area contributed by atoms with E-state index in [1.807, 2.05) is 6.92 Å². The summed E-state index contributed by atoms with van der Waals surface area (Å²) in [5.74, 6) is 0.486. The van der Waals surface area contributed by atoms with Crippen molar-refractivity contribution in [3.8, 4) is 11.1 Å². The van der Waals surface area contributed by atoms with Crippen molar-refractivity contribution in [1.82, 2.24) is 9.88 Å². The normalized spacial score (nSPS) is 17.4. The minimum absolute atomic E-state index is 0.0459. The molecule has 0 bridgehead atoms. The second kappa shape index (κ2) is 6.96. The fourth-order valence-corrected chi connectivity index (χ4v) is 3.76. The van der Waals surface area contributed by atoms with Crippen molar-refractivity contribution < 1.29 is 22.4 Å². The quantitative estimate of drug-likeness (QED) is 0.588. The van der Waals surface area contributed by atoms with Crippen molar-refractivity contribution in [1.29, 1.82) is 0 Å². The number of oxazole rings is 1. The van der Waals surface area contributed by atoms with Crippen LogP contribution in [0.3, 0.4) is 0 Å². The number of likely N-dealkylation sites (tertiary alicyclic amines) is 1. The zero-order valence-corrected chi connectivity index (χ0v) is 15.3. The second-order valence-corrected chi connectivity index (χ2v) is 6.88. The highest BCUT2D eigenvalue weighted by molar-refractivity contribution is 5.82. The monoisotopic (exact) mass is 388 g/mol. The molecule has 0 aliphatic carbocycles. The van der Waals surface area contributed by atoms with Crippen molar-refractivity contribution in [2.75, 3.05) is 6.54 Å². The highest BCUT2D eigenvalue weighted by Crippen LogP contribution is 2.38. The van der Waals surface area contributed by atoms with E-state index in [9.17, 15) is 18.0 Å². The standard InChI is InChI=1S/C21H19F3N2O2/c1-2-19(27)26-11-5-8-17(26)20-25-16-12-13(9-10-18(16)28-20)14-6-3-4-7-15(14)21(22,23)24/h3-4,6-7,9-10,12,17H,2,5,8,11H2,1H3/t17-/m0/s1. The van der Waals surface area contributed by atoms with E-state index in [1.165, 1.54) is 12.1 Å². The molecule has 1 amide bonds. The molecule has 1 fully saturated rings. The molecule has 0 spiro atoms. The first-order valence-electron chi connectivity index (χ1n) is 9.25. The van der Waals surface area contributed by atoms with Crippen molar-refractivity contribution in [3.63, 3.8) is 0 Å². The molecule has 1 aliphatic heterocycles. The highest BCUT2D eigenvalue weighted by Gasteiger charge is 2.34. The van der Waals surface area contributed by atoms with E-state index in [0.29, 0.717) is 35.5 Å². The fraction of sp³-hybridized carbons (Fsp3) is 0.333. The van der Waals surface area contributed by atoms with Crippen LogP contribution in [0.15, 0.2) is 46.9 Å². The Hall–Kier alpha value is -2.83. The highest BCUT2D eigenvalue weighted by atomic mass is 19.4. The Labute approximate surface area is 160 Å². The summed E-state index contributed by atoms with van der Waals surface area (Å²) in [4.78, 5) is 18.4. The molecule has 2 aromatic carbocycles. The van der Waals surface area contributed by atoms with Crippen molar-refractivity contribution in [2.24, 2.45) is 0 Å². The summed E-state index contributed by atoms with van der Waals surface area (Å²) >= 11 is 0. The molecule has 0 radical (unpaired) electrons. The van der Waals surface area contributed by atoms with Crippen LogP contribution < -0.4 is 0 Å². The van der Waals surface area contributed by atoms with Gasteiger partial charge in [0.25, 0.3) is 0 Å². The van der Waals surface area contributed by atoms with Crippen LogP contribution in [0.5, 0.6) is 0 Å². The lowest BCUT2D eigenvalue weighted by Gasteiger charge is -2.21. The molecule has 1 saturated heterocycles. The third-order valence-electron chi connectivity index (χ3n) is 5.11. The number of halogens is 3. The van der Waals surface area contributed by atoms with E-state index < -0.39 is 11.7 Å². The lowest BCUT2D eigenvalue weighted by atomic mass is 9.99. The van der Waals surface area contributed by atoms with E-state index >= 15 is 0 Å².